The van der Waals surface area contributed by atoms with Gasteiger partial charge in [-0.3, -0.25) is 4.79 Å². The van der Waals surface area contributed by atoms with Crippen molar-refractivity contribution in [2.24, 2.45) is 0 Å². The molecule has 0 amide bonds. The van der Waals surface area contributed by atoms with Crippen LogP contribution in [0.3, 0.4) is 0 Å². The third-order valence-corrected chi connectivity index (χ3v) is 2.99. The summed E-state index contributed by atoms with van der Waals surface area (Å²) in [5, 5.41) is 16.9. The Bertz CT molecular complexity index is 816. The number of pyridine rings is 1. The number of ether oxygens (including phenoxy) is 1. The maximum absolute atomic E-state index is 12.5. The number of esters is 1. The molecule has 0 atom stereocenters. The number of fused-ring (bicyclic) bond motifs is 1. The van der Waals surface area contributed by atoms with Crippen molar-refractivity contribution in [3.63, 3.8) is 0 Å². The molecule has 0 fully saturated rings. The molecule has 0 aliphatic carbocycles. The van der Waals surface area contributed by atoms with E-state index in [0.29, 0.717) is 16.8 Å². The lowest BCUT2D eigenvalue weighted by Gasteiger charge is -2.14. The molecule has 2 heterocycles. The lowest BCUT2D eigenvalue weighted by Crippen LogP contribution is -2.28. The van der Waals surface area contributed by atoms with Gasteiger partial charge in [-0.1, -0.05) is 34.8 Å². The highest BCUT2D eigenvalue weighted by molar-refractivity contribution is 5.79. The number of carbonyl (C=O) groups is 1. The van der Waals surface area contributed by atoms with Gasteiger partial charge >= 0.3 is 5.97 Å². The highest BCUT2D eigenvalue weighted by atomic mass is 16.5. The summed E-state index contributed by atoms with van der Waals surface area (Å²) < 4.78 is 6.60. The normalized spacial score (nSPS) is 10.5. The summed E-state index contributed by atoms with van der Waals surface area (Å²) in [5.41, 5.74) is 1.41. The van der Waals surface area contributed by atoms with Gasteiger partial charge in [-0.05, 0) is 6.07 Å². The molecule has 5 heteroatoms. The first-order valence-electron chi connectivity index (χ1n) is 6.42. The van der Waals surface area contributed by atoms with Gasteiger partial charge in [0.2, 0.25) is 11.7 Å². The quantitative estimate of drug-likeness (QED) is 0.527. The maximum atomic E-state index is 12.5. The molecule has 0 saturated heterocycles. The summed E-state index contributed by atoms with van der Waals surface area (Å²) in [7, 11) is 0. The van der Waals surface area contributed by atoms with Gasteiger partial charge in [0.05, 0.1) is 0 Å². The Labute approximate surface area is 121 Å². The third-order valence-electron chi connectivity index (χ3n) is 2.99. The highest BCUT2D eigenvalue weighted by Crippen LogP contribution is 2.35. The molecule has 2 aromatic heterocycles. The molecule has 0 radical (unpaired) electrons. The Morgan fingerprint density at radius 2 is 1.86 bits per heavy atom. The summed E-state index contributed by atoms with van der Waals surface area (Å²) in [6.45, 7) is 1.26. The molecule has 0 aliphatic heterocycles. The zero-order chi connectivity index (χ0) is 14.8. The van der Waals surface area contributed by atoms with E-state index in [4.69, 9.17) is 4.74 Å². The van der Waals surface area contributed by atoms with E-state index in [1.807, 2.05) is 30.3 Å². The van der Waals surface area contributed by atoms with Gasteiger partial charge in [0.25, 0.3) is 0 Å². The summed E-state index contributed by atoms with van der Waals surface area (Å²) in [4.78, 5) is 11.3. The van der Waals surface area contributed by atoms with Gasteiger partial charge in [0, 0.05) is 35.5 Å². The number of hydrogen-bond donors (Lipinski definition) is 0. The first kappa shape index (κ1) is 13.1. The van der Waals surface area contributed by atoms with Crippen molar-refractivity contribution >= 4 is 11.5 Å². The summed E-state index contributed by atoms with van der Waals surface area (Å²) in [6.07, 6.45) is 1.68. The van der Waals surface area contributed by atoms with Crippen molar-refractivity contribution in [3.05, 3.63) is 54.7 Å². The van der Waals surface area contributed by atoms with Gasteiger partial charge in [-0.25, -0.2) is 0 Å². The Balaban J connectivity index is 2.33. The second-order valence-electron chi connectivity index (χ2n) is 4.50. The predicted molar refractivity (Wildman–Crippen MR) is 73.6 cm³/mol. The van der Waals surface area contributed by atoms with Gasteiger partial charge < -0.3 is 9.84 Å². The van der Waals surface area contributed by atoms with E-state index in [1.54, 1.807) is 24.4 Å². The Morgan fingerprint density at radius 3 is 2.57 bits per heavy atom. The molecular weight excluding hydrogens is 268 g/mol. The standard InChI is InChI=1S/C16H12N2O3/c1-11(19)21-16-14(12-7-3-2-4-8-12)17-18-10-6-5-9-13(18)15(16)20/h2-10H,1H3. The van der Waals surface area contributed by atoms with Gasteiger partial charge in [-0.15, -0.1) is 0 Å². The average molecular weight is 280 g/mol. The first-order chi connectivity index (χ1) is 10.2. The number of nitrogens with zero attached hydrogens (tertiary/aromatic N) is 2. The van der Waals surface area contributed by atoms with Gasteiger partial charge in [-0.2, -0.15) is 0 Å². The van der Waals surface area contributed by atoms with E-state index >= 15 is 0 Å². The lowest BCUT2D eigenvalue weighted by atomic mass is 10.1. The van der Waals surface area contributed by atoms with Crippen LogP contribution >= 0.6 is 0 Å². The van der Waals surface area contributed by atoms with Crippen LogP contribution in [0.15, 0.2) is 54.7 Å². The molecule has 0 spiro atoms. The molecule has 21 heavy (non-hydrogen) atoms. The Kier molecular flexibility index (Phi) is 3.23. The average Bonchev–Trinajstić information content (AvgIpc) is 2.50. The number of hydrogen-bond acceptors (Lipinski definition) is 4. The second kappa shape index (κ2) is 5.20. The number of benzene rings is 1. The van der Waals surface area contributed by atoms with Crippen molar-refractivity contribution < 1.29 is 19.2 Å². The summed E-state index contributed by atoms with van der Waals surface area (Å²) in [6, 6.07) is 14.3. The molecule has 3 aromatic rings. The zero-order valence-electron chi connectivity index (χ0n) is 11.3. The van der Waals surface area contributed by atoms with Gasteiger partial charge in [0.15, 0.2) is 11.4 Å². The fourth-order valence-electron chi connectivity index (χ4n) is 2.10. The third kappa shape index (κ3) is 2.41. The zero-order valence-corrected chi connectivity index (χ0v) is 11.3. The predicted octanol–water partition coefficient (Wildman–Crippen LogP) is 1.49. The van der Waals surface area contributed by atoms with Crippen molar-refractivity contribution in [3.8, 4) is 22.8 Å². The number of aromatic nitrogens is 2. The van der Waals surface area contributed by atoms with Crippen molar-refractivity contribution in [2.45, 2.75) is 6.92 Å². The van der Waals surface area contributed by atoms with Crippen molar-refractivity contribution in [2.75, 3.05) is 0 Å². The molecule has 0 N–H and O–H groups in total. The minimum atomic E-state index is -0.550. The fraction of sp³-hybridized carbons (Fsp3) is 0.0625. The van der Waals surface area contributed by atoms with Crippen LogP contribution in [0.25, 0.3) is 16.8 Å². The van der Waals surface area contributed by atoms with E-state index < -0.39 is 5.97 Å². The Hall–Kier alpha value is -2.95. The van der Waals surface area contributed by atoms with E-state index in [-0.39, 0.29) is 11.5 Å². The topological polar surface area (TPSA) is 66.3 Å². The fourth-order valence-corrected chi connectivity index (χ4v) is 2.10. The monoisotopic (exact) mass is 280 g/mol. The highest BCUT2D eigenvalue weighted by Gasteiger charge is 2.19. The molecular formula is C16H12N2O3. The van der Waals surface area contributed by atoms with Crippen LogP contribution in [0.4, 0.5) is 0 Å². The summed E-state index contributed by atoms with van der Waals surface area (Å²) in [5.74, 6) is -0.953. The van der Waals surface area contributed by atoms with Crippen molar-refractivity contribution in [1.29, 1.82) is 0 Å². The lowest BCUT2D eigenvalue weighted by molar-refractivity contribution is -0.582. The largest absolute Gasteiger partial charge is 0.865 e. The molecule has 104 valence electrons. The molecule has 3 rings (SSSR count). The van der Waals surface area contributed by atoms with E-state index in [1.165, 1.54) is 11.4 Å². The Morgan fingerprint density at radius 1 is 1.14 bits per heavy atom. The van der Waals surface area contributed by atoms with Crippen LogP contribution in [-0.2, 0) is 4.79 Å². The molecule has 0 bridgehead atoms. The molecule has 0 unspecified atom stereocenters. The second-order valence-corrected chi connectivity index (χ2v) is 4.50. The van der Waals surface area contributed by atoms with Crippen LogP contribution in [0, 0.1) is 0 Å². The maximum Gasteiger partial charge on any atom is 0.308 e. The molecule has 0 aliphatic rings. The number of rotatable bonds is 2. The van der Waals surface area contributed by atoms with Crippen molar-refractivity contribution in [1.82, 2.24) is 5.10 Å². The minimum Gasteiger partial charge on any atom is -0.865 e. The molecule has 5 nitrogen and oxygen atoms in total. The van der Waals surface area contributed by atoms with E-state index in [2.05, 4.69) is 5.10 Å². The first-order valence-corrected chi connectivity index (χ1v) is 6.42. The molecule has 1 aromatic carbocycles. The SMILES string of the molecule is CC(=O)Oc1c(-c2ccccc2)n[n+]2ccccc2c1[O-]. The van der Waals surface area contributed by atoms with E-state index in [9.17, 15) is 9.90 Å². The smallest absolute Gasteiger partial charge is 0.308 e. The van der Waals surface area contributed by atoms with E-state index in [0.717, 1.165) is 0 Å². The van der Waals surface area contributed by atoms with Crippen LogP contribution in [0.1, 0.15) is 6.92 Å². The van der Waals surface area contributed by atoms with Crippen LogP contribution in [0.5, 0.6) is 11.5 Å². The van der Waals surface area contributed by atoms with Crippen LogP contribution < -0.4 is 14.4 Å². The molecule has 0 saturated carbocycles. The number of carbonyl (C=O) groups excluding carboxylic acids is 1. The van der Waals surface area contributed by atoms with Crippen LogP contribution in [-0.4, -0.2) is 11.1 Å². The minimum absolute atomic E-state index is 0.0418. The van der Waals surface area contributed by atoms with Crippen LogP contribution in [0.2, 0.25) is 0 Å². The van der Waals surface area contributed by atoms with Gasteiger partial charge in [0.1, 0.15) is 0 Å². The summed E-state index contributed by atoms with van der Waals surface area (Å²) >= 11 is 0.